The Labute approximate surface area is 131 Å². The lowest BCUT2D eigenvalue weighted by atomic mass is 9.99. The minimum Gasteiger partial charge on any atom is -0.508 e. The highest BCUT2D eigenvalue weighted by Gasteiger charge is 2.41. The maximum absolute atomic E-state index is 13.1. The summed E-state index contributed by atoms with van der Waals surface area (Å²) in [5.74, 6) is -0.681. The van der Waals surface area contributed by atoms with E-state index < -0.39 is 13.0 Å². The van der Waals surface area contributed by atoms with E-state index in [4.69, 9.17) is 0 Å². The number of aliphatic hydroxyl groups excluding tert-OH is 1. The highest BCUT2D eigenvalue weighted by molar-refractivity contribution is 7.64. The minimum absolute atomic E-state index is 0.0248. The van der Waals surface area contributed by atoms with Crippen molar-refractivity contribution in [3.63, 3.8) is 0 Å². The summed E-state index contributed by atoms with van der Waals surface area (Å²) in [6.45, 7) is 0. The van der Waals surface area contributed by atoms with Gasteiger partial charge < -0.3 is 14.8 Å². The van der Waals surface area contributed by atoms with Gasteiger partial charge in [0.25, 0.3) is 0 Å². The van der Waals surface area contributed by atoms with Crippen molar-refractivity contribution in [2.75, 3.05) is 12.3 Å². The molecule has 0 saturated carbocycles. The topological polar surface area (TPSA) is 57.5 Å². The number of aromatic hydroxyl groups is 1. The molecule has 3 nitrogen and oxygen atoms in total. The predicted octanol–water partition coefficient (Wildman–Crippen LogP) is 4.01. The van der Waals surface area contributed by atoms with Crippen LogP contribution in [-0.2, 0) is 11.0 Å². The monoisotopic (exact) mass is 316 g/mol. The zero-order chi connectivity index (χ0) is 15.6. The number of phenolic OH excluding ortho intramolecular Hbond substituents is 1. The molecular formula is C18H21O3P. The fraction of sp³-hybridized carbons (Fsp3) is 0.333. The van der Waals surface area contributed by atoms with Gasteiger partial charge in [0.05, 0.1) is 0 Å². The molecule has 0 radical (unpaired) electrons. The summed E-state index contributed by atoms with van der Waals surface area (Å²) in [7, 11) is -2.71. The largest absolute Gasteiger partial charge is 0.508 e. The van der Waals surface area contributed by atoms with Crippen LogP contribution in [-0.4, -0.2) is 22.5 Å². The van der Waals surface area contributed by atoms with Crippen molar-refractivity contribution in [1.82, 2.24) is 0 Å². The van der Waals surface area contributed by atoms with Crippen molar-refractivity contribution in [2.24, 2.45) is 5.92 Å². The molecule has 0 spiro atoms. The third kappa shape index (κ3) is 3.11. The van der Waals surface area contributed by atoms with Gasteiger partial charge in [0.1, 0.15) is 18.7 Å². The van der Waals surface area contributed by atoms with Crippen LogP contribution in [0, 0.1) is 5.92 Å². The molecule has 1 aliphatic heterocycles. The van der Waals surface area contributed by atoms with Crippen LogP contribution >= 0.6 is 7.14 Å². The molecule has 0 bridgehead atoms. The zero-order valence-electron chi connectivity index (χ0n) is 12.4. The molecular weight excluding hydrogens is 295 g/mol. The summed E-state index contributed by atoms with van der Waals surface area (Å²) in [5, 5.41) is 20.4. The number of phenols is 1. The average Bonchev–Trinajstić information content (AvgIpc) is 2.90. The fourth-order valence-corrected chi connectivity index (χ4v) is 6.66. The van der Waals surface area contributed by atoms with Gasteiger partial charge in [-0.3, -0.25) is 0 Å². The lowest BCUT2D eigenvalue weighted by Crippen LogP contribution is -2.06. The highest BCUT2D eigenvalue weighted by Crippen LogP contribution is 2.64. The number of aliphatic hydroxyl groups is 1. The summed E-state index contributed by atoms with van der Waals surface area (Å²) in [5.41, 5.74) is 1.64. The molecule has 3 unspecified atom stereocenters. The molecule has 1 heterocycles. The smallest absolute Gasteiger partial charge is 0.135 e. The van der Waals surface area contributed by atoms with Crippen molar-refractivity contribution >= 4 is 7.14 Å². The summed E-state index contributed by atoms with van der Waals surface area (Å²) in [6, 6.07) is 16.8. The van der Waals surface area contributed by atoms with Gasteiger partial charge >= 0.3 is 0 Å². The van der Waals surface area contributed by atoms with Gasteiger partial charge in [-0.25, -0.2) is 0 Å². The molecule has 0 aliphatic carbocycles. The standard InChI is InChI=1S/C18H21O3P/c19-17-9-5-4-8-16(17)18(20)22(21)11-10-15(13-22)12-14-6-2-1-3-7-14/h1-9,15,18-20H,10-13H2. The molecule has 1 saturated heterocycles. The number of hydrogen-bond donors (Lipinski definition) is 2. The summed E-state index contributed by atoms with van der Waals surface area (Å²) in [6.07, 6.45) is 2.88. The lowest BCUT2D eigenvalue weighted by molar-refractivity contribution is 0.248. The van der Waals surface area contributed by atoms with Gasteiger partial charge in [-0.05, 0) is 30.4 Å². The maximum Gasteiger partial charge on any atom is 0.135 e. The Bertz CT molecular complexity index is 684. The van der Waals surface area contributed by atoms with Gasteiger partial charge in [0.2, 0.25) is 0 Å². The van der Waals surface area contributed by atoms with Crippen LogP contribution in [0.4, 0.5) is 0 Å². The van der Waals surface area contributed by atoms with E-state index in [0.717, 1.165) is 12.8 Å². The number of rotatable bonds is 4. The normalized spacial score (nSPS) is 26.0. The second kappa shape index (κ2) is 6.28. The van der Waals surface area contributed by atoms with Crippen LogP contribution in [0.2, 0.25) is 0 Å². The first-order valence-electron chi connectivity index (χ1n) is 7.66. The van der Waals surface area contributed by atoms with Gasteiger partial charge in [-0.15, -0.1) is 0 Å². The third-order valence-electron chi connectivity index (χ3n) is 4.51. The van der Waals surface area contributed by atoms with E-state index in [0.29, 0.717) is 23.8 Å². The van der Waals surface area contributed by atoms with Crippen molar-refractivity contribution in [3.8, 4) is 5.75 Å². The zero-order valence-corrected chi connectivity index (χ0v) is 13.3. The maximum atomic E-state index is 13.1. The van der Waals surface area contributed by atoms with Gasteiger partial charge in [0, 0.05) is 17.9 Å². The van der Waals surface area contributed by atoms with Crippen LogP contribution in [0.5, 0.6) is 5.75 Å². The van der Waals surface area contributed by atoms with Crippen molar-refractivity contribution in [1.29, 1.82) is 0 Å². The molecule has 3 rings (SSSR count). The Hall–Kier alpha value is -1.57. The number of para-hydroxylation sites is 1. The molecule has 1 aliphatic rings. The lowest BCUT2D eigenvalue weighted by Gasteiger charge is -2.20. The van der Waals surface area contributed by atoms with E-state index >= 15 is 0 Å². The van der Waals surface area contributed by atoms with E-state index in [1.807, 2.05) is 18.2 Å². The molecule has 4 heteroatoms. The molecule has 2 aromatic carbocycles. The highest BCUT2D eigenvalue weighted by atomic mass is 31.2. The first kappa shape index (κ1) is 15.3. The van der Waals surface area contributed by atoms with Crippen LogP contribution in [0.1, 0.15) is 23.4 Å². The molecule has 0 amide bonds. The van der Waals surface area contributed by atoms with Gasteiger partial charge in [-0.2, -0.15) is 0 Å². The van der Waals surface area contributed by atoms with E-state index in [2.05, 4.69) is 12.1 Å². The van der Waals surface area contributed by atoms with Crippen LogP contribution in [0.25, 0.3) is 0 Å². The second-order valence-corrected chi connectivity index (χ2v) is 9.34. The molecule has 1 fully saturated rings. The number of hydrogen-bond acceptors (Lipinski definition) is 3. The Morgan fingerprint density at radius 1 is 1.09 bits per heavy atom. The van der Waals surface area contributed by atoms with Crippen LogP contribution < -0.4 is 0 Å². The Kier molecular flexibility index (Phi) is 4.37. The summed E-state index contributed by atoms with van der Waals surface area (Å²) < 4.78 is 13.1. The average molecular weight is 316 g/mol. The third-order valence-corrected chi connectivity index (χ3v) is 7.83. The van der Waals surface area contributed by atoms with Crippen LogP contribution in [0.15, 0.2) is 54.6 Å². The molecule has 0 aromatic heterocycles. The fourth-order valence-electron chi connectivity index (χ4n) is 3.32. The van der Waals surface area contributed by atoms with Gasteiger partial charge in [-0.1, -0.05) is 48.5 Å². The van der Waals surface area contributed by atoms with E-state index in [9.17, 15) is 14.8 Å². The minimum atomic E-state index is -2.71. The molecule has 22 heavy (non-hydrogen) atoms. The van der Waals surface area contributed by atoms with Crippen molar-refractivity contribution in [2.45, 2.75) is 18.7 Å². The van der Waals surface area contributed by atoms with E-state index in [-0.39, 0.29) is 5.75 Å². The second-order valence-electron chi connectivity index (χ2n) is 6.14. The Morgan fingerprint density at radius 3 is 2.50 bits per heavy atom. The number of benzene rings is 2. The Balaban J connectivity index is 1.73. The quantitative estimate of drug-likeness (QED) is 0.838. The SMILES string of the molecule is O=P1(C(O)c2ccccc2O)CCC(Cc2ccccc2)C1. The van der Waals surface area contributed by atoms with E-state index in [1.54, 1.807) is 18.2 Å². The van der Waals surface area contributed by atoms with Crippen molar-refractivity contribution < 1.29 is 14.8 Å². The Morgan fingerprint density at radius 2 is 1.77 bits per heavy atom. The molecule has 2 N–H and O–H groups in total. The van der Waals surface area contributed by atoms with Gasteiger partial charge in [0.15, 0.2) is 0 Å². The summed E-state index contributed by atoms with van der Waals surface area (Å²) >= 11 is 0. The van der Waals surface area contributed by atoms with Crippen molar-refractivity contribution in [3.05, 3.63) is 65.7 Å². The molecule has 116 valence electrons. The molecule has 2 aromatic rings. The predicted molar refractivity (Wildman–Crippen MR) is 88.7 cm³/mol. The van der Waals surface area contributed by atoms with Crippen LogP contribution in [0.3, 0.4) is 0 Å². The summed E-state index contributed by atoms with van der Waals surface area (Å²) in [4.78, 5) is 0. The first-order chi connectivity index (χ1) is 10.6. The first-order valence-corrected chi connectivity index (χ1v) is 9.81. The van der Waals surface area contributed by atoms with E-state index in [1.165, 1.54) is 11.6 Å². The molecule has 3 atom stereocenters.